The summed E-state index contributed by atoms with van der Waals surface area (Å²) in [6, 6.07) is 9.58. The molecule has 0 atom stereocenters. The fraction of sp³-hybridized carbons (Fsp3) is 0.600. The molecular formula is C20H32N2O4. The van der Waals surface area contributed by atoms with Gasteiger partial charge in [-0.05, 0) is 32.8 Å². The van der Waals surface area contributed by atoms with Crippen LogP contribution in [0.1, 0.15) is 46.6 Å². The van der Waals surface area contributed by atoms with Gasteiger partial charge in [0, 0.05) is 26.2 Å². The highest BCUT2D eigenvalue weighted by Crippen LogP contribution is 2.13. The van der Waals surface area contributed by atoms with Crippen LogP contribution in [0.5, 0.6) is 0 Å². The summed E-state index contributed by atoms with van der Waals surface area (Å²) in [5.74, 6) is 0. The van der Waals surface area contributed by atoms with Crippen molar-refractivity contribution in [3.63, 3.8) is 0 Å². The zero-order valence-electron chi connectivity index (χ0n) is 16.7. The first kappa shape index (κ1) is 21.8. The maximum Gasteiger partial charge on any atom is 0.410 e. The van der Waals surface area contributed by atoms with Crippen molar-refractivity contribution in [2.45, 2.75) is 53.2 Å². The van der Waals surface area contributed by atoms with Crippen LogP contribution in [0.3, 0.4) is 0 Å². The van der Waals surface area contributed by atoms with Gasteiger partial charge >= 0.3 is 12.2 Å². The molecule has 2 amide bonds. The van der Waals surface area contributed by atoms with Crippen LogP contribution in [-0.2, 0) is 16.1 Å². The minimum Gasteiger partial charge on any atom is -0.445 e. The summed E-state index contributed by atoms with van der Waals surface area (Å²) in [4.78, 5) is 27.6. The molecule has 0 spiro atoms. The van der Waals surface area contributed by atoms with Gasteiger partial charge in [-0.1, -0.05) is 44.2 Å². The first-order valence-electron chi connectivity index (χ1n) is 9.29. The molecule has 146 valence electrons. The minimum atomic E-state index is -0.516. The lowest BCUT2D eigenvalue weighted by atomic mass is 10.2. The molecule has 0 saturated carbocycles. The number of ether oxygens (including phenoxy) is 2. The Labute approximate surface area is 157 Å². The van der Waals surface area contributed by atoms with E-state index in [1.54, 1.807) is 9.80 Å². The number of benzene rings is 1. The van der Waals surface area contributed by atoms with E-state index in [0.717, 1.165) is 5.56 Å². The Kier molecular flexibility index (Phi) is 8.96. The summed E-state index contributed by atoms with van der Waals surface area (Å²) < 4.78 is 10.7. The van der Waals surface area contributed by atoms with Crippen molar-refractivity contribution >= 4 is 12.2 Å². The van der Waals surface area contributed by atoms with E-state index < -0.39 is 5.60 Å². The zero-order chi connectivity index (χ0) is 19.6. The van der Waals surface area contributed by atoms with E-state index in [0.29, 0.717) is 32.6 Å². The molecule has 1 aliphatic rings. The molecule has 6 heteroatoms. The van der Waals surface area contributed by atoms with E-state index >= 15 is 0 Å². The molecule has 26 heavy (non-hydrogen) atoms. The number of rotatable bonds is 2. The lowest BCUT2D eigenvalue weighted by Crippen LogP contribution is -2.40. The fourth-order valence-electron chi connectivity index (χ4n) is 2.42. The normalized spacial score (nSPS) is 14.7. The molecule has 2 rings (SSSR count). The molecule has 0 bridgehead atoms. The standard InChI is InChI=1S/C18H26N2O4.C2H6/c1-18(2,3)24-17(22)20-11-7-10-19(12-13-20)16(21)23-14-15-8-5-4-6-9-15;1-2/h4-6,8-9H,7,10-14H2,1-3H3;1-2H3. The van der Waals surface area contributed by atoms with Crippen LogP contribution in [0.25, 0.3) is 0 Å². The third-order valence-corrected chi connectivity index (χ3v) is 3.61. The lowest BCUT2D eigenvalue weighted by molar-refractivity contribution is 0.0255. The molecule has 6 nitrogen and oxygen atoms in total. The van der Waals surface area contributed by atoms with E-state index in [4.69, 9.17) is 9.47 Å². The molecule has 1 fully saturated rings. The molecule has 1 aromatic rings. The second-order valence-corrected chi connectivity index (χ2v) is 6.85. The predicted octanol–water partition coefficient (Wildman–Crippen LogP) is 4.29. The third-order valence-electron chi connectivity index (χ3n) is 3.61. The Hall–Kier alpha value is -2.24. The Bertz CT molecular complexity index is 555. The number of carbonyl (C=O) groups excluding carboxylic acids is 2. The number of hydrogen-bond acceptors (Lipinski definition) is 4. The monoisotopic (exact) mass is 364 g/mol. The van der Waals surface area contributed by atoms with E-state index in [1.807, 2.05) is 65.0 Å². The molecule has 1 saturated heterocycles. The van der Waals surface area contributed by atoms with Crippen LogP contribution in [0.4, 0.5) is 9.59 Å². The van der Waals surface area contributed by atoms with Crippen LogP contribution in [0.2, 0.25) is 0 Å². The summed E-state index contributed by atoms with van der Waals surface area (Å²) >= 11 is 0. The van der Waals surface area contributed by atoms with E-state index in [2.05, 4.69) is 0 Å². The van der Waals surface area contributed by atoms with Crippen molar-refractivity contribution in [2.24, 2.45) is 0 Å². The van der Waals surface area contributed by atoms with Gasteiger partial charge in [-0.3, -0.25) is 0 Å². The average molecular weight is 364 g/mol. The van der Waals surface area contributed by atoms with Crippen molar-refractivity contribution < 1.29 is 19.1 Å². The Balaban J connectivity index is 0.00000163. The fourth-order valence-corrected chi connectivity index (χ4v) is 2.42. The molecule has 0 N–H and O–H groups in total. The highest BCUT2D eigenvalue weighted by atomic mass is 16.6. The zero-order valence-corrected chi connectivity index (χ0v) is 16.7. The smallest absolute Gasteiger partial charge is 0.410 e. The van der Waals surface area contributed by atoms with Crippen molar-refractivity contribution in [1.29, 1.82) is 0 Å². The van der Waals surface area contributed by atoms with Crippen molar-refractivity contribution in [2.75, 3.05) is 26.2 Å². The van der Waals surface area contributed by atoms with Crippen molar-refractivity contribution in [3.8, 4) is 0 Å². The van der Waals surface area contributed by atoms with Gasteiger partial charge in [0.1, 0.15) is 12.2 Å². The highest BCUT2D eigenvalue weighted by molar-refractivity contribution is 5.69. The van der Waals surface area contributed by atoms with Gasteiger partial charge in [0.2, 0.25) is 0 Å². The third kappa shape index (κ3) is 7.76. The minimum absolute atomic E-state index is 0.256. The molecule has 1 heterocycles. The largest absolute Gasteiger partial charge is 0.445 e. The lowest BCUT2D eigenvalue weighted by Gasteiger charge is -2.26. The van der Waals surface area contributed by atoms with Crippen LogP contribution < -0.4 is 0 Å². The van der Waals surface area contributed by atoms with E-state index in [9.17, 15) is 9.59 Å². The second kappa shape index (κ2) is 10.7. The van der Waals surface area contributed by atoms with Gasteiger partial charge in [0.25, 0.3) is 0 Å². The van der Waals surface area contributed by atoms with Gasteiger partial charge in [0.05, 0.1) is 0 Å². The van der Waals surface area contributed by atoms with Gasteiger partial charge in [-0.25, -0.2) is 9.59 Å². The Morgan fingerprint density at radius 1 is 0.923 bits per heavy atom. The van der Waals surface area contributed by atoms with E-state index in [1.165, 1.54) is 0 Å². The number of amides is 2. The van der Waals surface area contributed by atoms with Gasteiger partial charge < -0.3 is 19.3 Å². The van der Waals surface area contributed by atoms with Crippen LogP contribution >= 0.6 is 0 Å². The molecule has 0 unspecified atom stereocenters. The summed E-state index contributed by atoms with van der Waals surface area (Å²) in [7, 11) is 0. The number of carbonyl (C=O) groups is 2. The topological polar surface area (TPSA) is 59.1 Å². The quantitative estimate of drug-likeness (QED) is 0.785. The maximum atomic E-state index is 12.2. The SMILES string of the molecule is CC.CC(C)(C)OC(=O)N1CCCN(C(=O)OCc2ccccc2)CC1. The molecule has 1 aliphatic heterocycles. The maximum absolute atomic E-state index is 12.2. The van der Waals surface area contributed by atoms with Crippen LogP contribution in [0, 0.1) is 0 Å². The number of hydrogen-bond donors (Lipinski definition) is 0. The van der Waals surface area contributed by atoms with Gasteiger partial charge in [-0.15, -0.1) is 0 Å². The Morgan fingerprint density at radius 3 is 2.00 bits per heavy atom. The van der Waals surface area contributed by atoms with Gasteiger partial charge in [0.15, 0.2) is 0 Å². The van der Waals surface area contributed by atoms with Gasteiger partial charge in [-0.2, -0.15) is 0 Å². The predicted molar refractivity (Wildman–Crippen MR) is 102 cm³/mol. The summed E-state index contributed by atoms with van der Waals surface area (Å²) in [5.41, 5.74) is 0.438. The first-order chi connectivity index (χ1) is 12.3. The summed E-state index contributed by atoms with van der Waals surface area (Å²) in [6.07, 6.45) is 0.0338. The second-order valence-electron chi connectivity index (χ2n) is 6.85. The molecular weight excluding hydrogens is 332 g/mol. The van der Waals surface area contributed by atoms with Crippen molar-refractivity contribution in [3.05, 3.63) is 35.9 Å². The van der Waals surface area contributed by atoms with Crippen LogP contribution in [0.15, 0.2) is 30.3 Å². The molecule has 0 aromatic heterocycles. The Morgan fingerprint density at radius 2 is 1.46 bits per heavy atom. The number of nitrogens with zero attached hydrogens (tertiary/aromatic N) is 2. The summed E-state index contributed by atoms with van der Waals surface area (Å²) in [5, 5.41) is 0. The summed E-state index contributed by atoms with van der Waals surface area (Å²) in [6.45, 7) is 11.8. The van der Waals surface area contributed by atoms with Crippen LogP contribution in [-0.4, -0.2) is 53.8 Å². The first-order valence-corrected chi connectivity index (χ1v) is 9.29. The molecule has 0 aliphatic carbocycles. The highest BCUT2D eigenvalue weighted by Gasteiger charge is 2.26. The average Bonchev–Trinajstić information content (AvgIpc) is 2.87. The van der Waals surface area contributed by atoms with Crippen molar-refractivity contribution in [1.82, 2.24) is 9.80 Å². The van der Waals surface area contributed by atoms with E-state index in [-0.39, 0.29) is 18.8 Å². The molecule has 0 radical (unpaired) electrons. The molecule has 1 aromatic carbocycles.